The van der Waals surface area contributed by atoms with E-state index in [1.165, 1.54) is 17.3 Å². The summed E-state index contributed by atoms with van der Waals surface area (Å²) in [6.07, 6.45) is 2.51. The minimum Gasteiger partial charge on any atom is -0.491 e. The van der Waals surface area contributed by atoms with Crippen LogP contribution in [0, 0.1) is 0 Å². The van der Waals surface area contributed by atoms with Gasteiger partial charge in [-0.1, -0.05) is 77.5 Å². The predicted octanol–water partition coefficient (Wildman–Crippen LogP) is 5.84. The largest absolute Gasteiger partial charge is 0.491 e. The first kappa shape index (κ1) is 20.2. The van der Waals surface area contributed by atoms with Gasteiger partial charge < -0.3 is 4.74 Å². The first-order chi connectivity index (χ1) is 13.0. The van der Waals surface area contributed by atoms with E-state index in [1.54, 1.807) is 23.1 Å². The lowest BCUT2D eigenvalue weighted by Crippen LogP contribution is -2.30. The van der Waals surface area contributed by atoms with Crippen LogP contribution in [0.15, 0.2) is 47.4 Å². The van der Waals surface area contributed by atoms with E-state index < -0.39 is 0 Å². The summed E-state index contributed by atoms with van der Waals surface area (Å²) >= 11 is 19.2. The summed E-state index contributed by atoms with van der Waals surface area (Å²) in [6.45, 7) is 2.89. The van der Waals surface area contributed by atoms with Gasteiger partial charge in [0.05, 0.1) is 21.6 Å². The smallest absolute Gasteiger partial charge is 0.266 e. The normalized spacial score (nSPS) is 15.7. The Balaban J connectivity index is 1.76. The van der Waals surface area contributed by atoms with Crippen LogP contribution < -0.4 is 4.74 Å². The number of ether oxygens (including phenoxy) is 1. The van der Waals surface area contributed by atoms with Crippen LogP contribution in [0.5, 0.6) is 5.75 Å². The number of thioether (sulfide) groups is 1. The van der Waals surface area contributed by atoms with Gasteiger partial charge >= 0.3 is 0 Å². The van der Waals surface area contributed by atoms with E-state index in [0.29, 0.717) is 38.2 Å². The Labute approximate surface area is 178 Å². The van der Waals surface area contributed by atoms with Crippen LogP contribution in [0.2, 0.25) is 10.0 Å². The van der Waals surface area contributed by atoms with Gasteiger partial charge in [0, 0.05) is 6.54 Å². The van der Waals surface area contributed by atoms with Crippen molar-refractivity contribution in [1.82, 2.24) is 4.90 Å². The molecule has 0 unspecified atom stereocenters. The maximum Gasteiger partial charge on any atom is 0.266 e. The number of hydrogen-bond donors (Lipinski definition) is 0. The molecule has 0 saturated carbocycles. The molecule has 7 heteroatoms. The summed E-state index contributed by atoms with van der Waals surface area (Å²) in [5.74, 6) is 0.357. The van der Waals surface area contributed by atoms with E-state index in [0.717, 1.165) is 12.0 Å². The molecule has 1 heterocycles. The van der Waals surface area contributed by atoms with Crippen molar-refractivity contribution in [2.45, 2.75) is 13.3 Å². The van der Waals surface area contributed by atoms with Crippen LogP contribution in [0.3, 0.4) is 0 Å². The maximum atomic E-state index is 12.7. The van der Waals surface area contributed by atoms with Gasteiger partial charge in [-0.2, -0.15) is 0 Å². The van der Waals surface area contributed by atoms with Gasteiger partial charge in [-0.3, -0.25) is 9.69 Å². The fourth-order valence-electron chi connectivity index (χ4n) is 2.67. The van der Waals surface area contributed by atoms with Gasteiger partial charge in [-0.05, 0) is 42.7 Å². The minimum absolute atomic E-state index is 0.0953. The van der Waals surface area contributed by atoms with Gasteiger partial charge in [-0.15, -0.1) is 0 Å². The Morgan fingerprint density at radius 2 is 1.85 bits per heavy atom. The number of rotatable bonds is 6. The number of halogens is 2. The zero-order chi connectivity index (χ0) is 19.4. The van der Waals surface area contributed by atoms with Crippen LogP contribution in [0.4, 0.5) is 0 Å². The second kappa shape index (κ2) is 9.11. The summed E-state index contributed by atoms with van der Waals surface area (Å²) < 4.78 is 6.00. The fourth-order valence-corrected chi connectivity index (χ4v) is 4.60. The van der Waals surface area contributed by atoms with Crippen LogP contribution in [0.1, 0.15) is 18.1 Å². The van der Waals surface area contributed by atoms with Gasteiger partial charge in [0.1, 0.15) is 4.32 Å². The number of carbonyl (C=O) groups excluding carboxylic acids is 1. The summed E-state index contributed by atoms with van der Waals surface area (Å²) in [6, 6.07) is 13.5. The van der Waals surface area contributed by atoms with Crippen LogP contribution in [-0.4, -0.2) is 28.3 Å². The number of amides is 1. The van der Waals surface area contributed by atoms with Gasteiger partial charge in [-0.25, -0.2) is 0 Å². The highest BCUT2D eigenvalue weighted by Gasteiger charge is 2.31. The Kier molecular flexibility index (Phi) is 6.82. The lowest BCUT2D eigenvalue weighted by Gasteiger charge is -2.14. The van der Waals surface area contributed by atoms with Crippen LogP contribution in [-0.2, 0) is 11.2 Å². The molecule has 0 spiro atoms. The molecule has 1 aliphatic heterocycles. The predicted molar refractivity (Wildman–Crippen MR) is 118 cm³/mol. The molecule has 3 nitrogen and oxygen atoms in total. The SMILES string of the molecule is CCOc1c(Cl)cc(C=C2SC(=S)N(CCc3ccccc3)C2=O)cc1Cl. The molecule has 2 aromatic carbocycles. The summed E-state index contributed by atoms with van der Waals surface area (Å²) in [4.78, 5) is 14.9. The zero-order valence-electron chi connectivity index (χ0n) is 14.6. The second-order valence-corrected chi connectivity index (χ2v) is 8.31. The molecule has 0 radical (unpaired) electrons. The van der Waals surface area contributed by atoms with E-state index >= 15 is 0 Å². The summed E-state index contributed by atoms with van der Waals surface area (Å²) in [7, 11) is 0. The molecule has 0 atom stereocenters. The molecule has 1 saturated heterocycles. The molecule has 0 N–H and O–H groups in total. The maximum absolute atomic E-state index is 12.7. The second-order valence-electron chi connectivity index (χ2n) is 5.82. The average molecular weight is 438 g/mol. The quantitative estimate of drug-likeness (QED) is 0.419. The van der Waals surface area contributed by atoms with E-state index in [9.17, 15) is 4.79 Å². The Morgan fingerprint density at radius 3 is 2.48 bits per heavy atom. The van der Waals surface area contributed by atoms with E-state index in [2.05, 4.69) is 0 Å². The van der Waals surface area contributed by atoms with Gasteiger partial charge in [0.2, 0.25) is 0 Å². The van der Waals surface area contributed by atoms with E-state index in [4.69, 9.17) is 40.2 Å². The minimum atomic E-state index is -0.0953. The molecule has 140 valence electrons. The zero-order valence-corrected chi connectivity index (χ0v) is 17.7. The Hall–Kier alpha value is -1.53. The average Bonchev–Trinajstić information content (AvgIpc) is 2.90. The van der Waals surface area contributed by atoms with Crippen molar-refractivity contribution >= 4 is 63.5 Å². The molecule has 3 rings (SSSR count). The highest BCUT2D eigenvalue weighted by molar-refractivity contribution is 8.26. The first-order valence-corrected chi connectivity index (χ1v) is 10.4. The first-order valence-electron chi connectivity index (χ1n) is 8.40. The van der Waals surface area contributed by atoms with Crippen molar-refractivity contribution in [1.29, 1.82) is 0 Å². The number of hydrogen-bond acceptors (Lipinski definition) is 4. The topological polar surface area (TPSA) is 29.5 Å². The molecule has 2 aromatic rings. The van der Waals surface area contributed by atoms with Crippen molar-refractivity contribution in [2.75, 3.05) is 13.2 Å². The third kappa shape index (κ3) is 4.85. The van der Waals surface area contributed by atoms with Crippen molar-refractivity contribution in [3.63, 3.8) is 0 Å². The molecule has 1 amide bonds. The van der Waals surface area contributed by atoms with Crippen LogP contribution >= 0.6 is 47.2 Å². The third-order valence-electron chi connectivity index (χ3n) is 3.95. The van der Waals surface area contributed by atoms with Crippen molar-refractivity contribution in [2.24, 2.45) is 0 Å². The number of nitrogens with zero attached hydrogens (tertiary/aromatic N) is 1. The molecule has 0 aromatic heterocycles. The standard InChI is InChI=1S/C20H17Cl2NO2S2/c1-2-25-18-15(21)10-14(11-16(18)22)12-17-19(24)23(20(26)27-17)9-8-13-6-4-3-5-7-13/h3-7,10-12H,2,8-9H2,1H3. The highest BCUT2D eigenvalue weighted by atomic mass is 35.5. The molecule has 1 fully saturated rings. The molecule has 0 aliphatic carbocycles. The molecule has 27 heavy (non-hydrogen) atoms. The molecular weight excluding hydrogens is 421 g/mol. The lowest BCUT2D eigenvalue weighted by atomic mass is 10.1. The van der Waals surface area contributed by atoms with Gasteiger partial charge in [0.15, 0.2) is 5.75 Å². The summed E-state index contributed by atoms with van der Waals surface area (Å²) in [5.41, 5.74) is 1.90. The van der Waals surface area contributed by atoms with Crippen LogP contribution in [0.25, 0.3) is 6.08 Å². The fraction of sp³-hybridized carbons (Fsp3) is 0.200. The van der Waals surface area contributed by atoms with E-state index in [1.807, 2.05) is 37.3 Å². The molecule has 1 aliphatic rings. The number of thiocarbonyl (C=S) groups is 1. The lowest BCUT2D eigenvalue weighted by molar-refractivity contribution is -0.122. The van der Waals surface area contributed by atoms with Crippen molar-refractivity contribution in [3.8, 4) is 5.75 Å². The summed E-state index contributed by atoms with van der Waals surface area (Å²) in [5, 5.41) is 0.824. The Bertz CT molecular complexity index is 877. The molecular formula is C20H17Cl2NO2S2. The monoisotopic (exact) mass is 437 g/mol. The highest BCUT2D eigenvalue weighted by Crippen LogP contribution is 2.37. The third-order valence-corrected chi connectivity index (χ3v) is 5.89. The van der Waals surface area contributed by atoms with Crippen molar-refractivity contribution < 1.29 is 9.53 Å². The van der Waals surface area contributed by atoms with Crippen molar-refractivity contribution in [3.05, 3.63) is 68.5 Å². The number of carbonyl (C=O) groups is 1. The van der Waals surface area contributed by atoms with Gasteiger partial charge in [0.25, 0.3) is 5.91 Å². The Morgan fingerprint density at radius 1 is 1.19 bits per heavy atom. The number of benzene rings is 2. The van der Waals surface area contributed by atoms with E-state index in [-0.39, 0.29) is 5.91 Å². The molecule has 0 bridgehead atoms.